The number of carboxylic acids is 1. The molecule has 0 radical (unpaired) electrons. The number of likely N-dealkylation sites (tertiary alicyclic amines) is 3. The number of nitrogens with zero attached hydrogens (tertiary/aromatic N) is 5. The lowest BCUT2D eigenvalue weighted by molar-refractivity contribution is -0.150. The van der Waals surface area contributed by atoms with Crippen LogP contribution < -0.4 is 70.4 Å². The minimum absolute atomic E-state index is 0.0216. The molecular formula is C68H104N20O15. The van der Waals surface area contributed by atoms with Gasteiger partial charge in [-0.2, -0.15) is 0 Å². The lowest BCUT2D eigenvalue weighted by Gasteiger charge is -2.32. The Morgan fingerprint density at radius 3 is 1.65 bits per heavy atom. The second-order valence-electron chi connectivity index (χ2n) is 27.9. The van der Waals surface area contributed by atoms with Crippen LogP contribution in [0.25, 0.3) is 10.9 Å². The van der Waals surface area contributed by atoms with E-state index in [1.54, 1.807) is 61.6 Å². The predicted octanol–water partition coefficient (Wildman–Crippen LogP) is -3.11. The molecule has 2 aromatic heterocycles. The third-order valence-electron chi connectivity index (χ3n) is 18.3. The molecule has 35 nitrogen and oxygen atoms in total. The van der Waals surface area contributed by atoms with Crippen LogP contribution in [0.1, 0.15) is 131 Å². The van der Waals surface area contributed by atoms with Crippen LogP contribution in [0, 0.1) is 23.7 Å². The number of carboxylic acid groups (broad SMARTS) is 1. The van der Waals surface area contributed by atoms with Crippen molar-refractivity contribution < 1.29 is 72.2 Å². The van der Waals surface area contributed by atoms with Gasteiger partial charge in [-0.15, -0.1) is 0 Å². The van der Waals surface area contributed by atoms with E-state index >= 15 is 0 Å². The molecular weight excluding hydrogens is 1340 g/mol. The molecule has 3 aliphatic heterocycles. The standard InChI is InChI=1S/C68H104N20O15/c1-35(2)26-45(81-53(91)33-77-61(96)48-19-13-23-86(48)66(101)56(38(7)8)85-63(98)54(69)36(3)4)60(95)82-46(28-41-30-72-34-78-41)59(94)76-32-52(90)80-44(18-12-22-73-68(70)71)58(93)75-31-51(89)79-39(9)57(92)84-55(37(5)6)65(100)87-24-14-20-49(87)62(97)83-47(64(99)88-25-15-21-50(88)67(102)103)27-40-29-74-43-17-11-10-16-42(40)43/h10-11,16-17,29-30,34-39,44-50,54-56,74H,12-15,18-28,31-33,69H2,1-9H3,(H,72,78)(H,75,93)(H,76,94)(H,77,96)(H,79,89)(H,80,90)(H,81,91)(H,82,95)(H,83,97)(H,84,92)(H,85,98)(H,102,103)(H4,70,71,73)/t39-,44-,45-,46-,47-,48-,49-,50-,54-,55-,56-/m0/s1. The SMILES string of the molecule is CC(C)C[C@H](NC(=O)CNC(=O)[C@@H]1CCCN1C(=O)[C@@H](NC(=O)[C@@H](N)C(C)C)C(C)C)C(=O)N[C@@H](Cc1cnc[nH]1)C(=O)NCC(=O)N[C@@H](CCCN=C(N)N)C(=O)NCC(=O)N[C@@H](C)C(=O)N[C@H](C(=O)N1CCC[C@H]1C(=O)N[C@@H](Cc1c[nH]c2ccccc12)C(=O)N1CCC[C@H]1C(=O)O)C(C)C. The second kappa shape index (κ2) is 38.7. The molecule has 0 bridgehead atoms. The van der Waals surface area contributed by atoms with Crippen LogP contribution in [0.2, 0.25) is 0 Å². The van der Waals surface area contributed by atoms with Crippen molar-refractivity contribution in [2.75, 3.05) is 45.8 Å². The normalized spacial score (nSPS) is 18.2. The van der Waals surface area contributed by atoms with E-state index in [0.717, 1.165) is 10.9 Å². The number of fused-ring (bicyclic) bond motifs is 1. The zero-order chi connectivity index (χ0) is 75.9. The molecule has 6 rings (SSSR count). The van der Waals surface area contributed by atoms with Crippen LogP contribution >= 0.6 is 0 Å². The summed E-state index contributed by atoms with van der Waals surface area (Å²) < 4.78 is 0. The fourth-order valence-corrected chi connectivity index (χ4v) is 12.6. The van der Waals surface area contributed by atoms with Gasteiger partial charge in [0.05, 0.1) is 32.0 Å². The first-order valence-electron chi connectivity index (χ1n) is 35.2. The Hall–Kier alpha value is -10.2. The Balaban J connectivity index is 1.02. The van der Waals surface area contributed by atoms with Gasteiger partial charge in [0.15, 0.2) is 5.96 Å². The summed E-state index contributed by atoms with van der Waals surface area (Å²) in [5.74, 6) is -11.8. The zero-order valence-electron chi connectivity index (χ0n) is 60.1. The fraction of sp³-hybridized carbons (Fsp3) is 0.618. The third-order valence-corrected chi connectivity index (χ3v) is 18.3. The van der Waals surface area contributed by atoms with Crippen molar-refractivity contribution in [1.29, 1.82) is 0 Å². The number of hydrogen-bond acceptors (Lipinski definition) is 17. The van der Waals surface area contributed by atoms with Gasteiger partial charge in [0.2, 0.25) is 76.8 Å². The molecule has 13 amide bonds. The molecule has 35 heteroatoms. The second-order valence-corrected chi connectivity index (χ2v) is 27.9. The maximum Gasteiger partial charge on any atom is 0.326 e. The van der Waals surface area contributed by atoms with Gasteiger partial charge in [0, 0.05) is 68.0 Å². The van der Waals surface area contributed by atoms with E-state index in [9.17, 15) is 72.2 Å². The van der Waals surface area contributed by atoms with Gasteiger partial charge in [-0.1, -0.05) is 73.6 Å². The maximum atomic E-state index is 14.4. The van der Waals surface area contributed by atoms with E-state index in [1.165, 1.54) is 34.1 Å². The summed E-state index contributed by atoms with van der Waals surface area (Å²) >= 11 is 0. The van der Waals surface area contributed by atoms with Crippen molar-refractivity contribution >= 4 is 99.6 Å². The monoisotopic (exact) mass is 1440 g/mol. The fourth-order valence-electron chi connectivity index (χ4n) is 12.6. The van der Waals surface area contributed by atoms with Crippen LogP contribution in [-0.4, -0.2) is 236 Å². The topological polar surface area (TPSA) is 524 Å². The Kier molecular flexibility index (Phi) is 30.7. The van der Waals surface area contributed by atoms with Crippen LogP contribution in [-0.2, 0) is 80.0 Å². The maximum absolute atomic E-state index is 14.4. The number of H-pyrrole nitrogens is 2. The molecule has 3 saturated heterocycles. The number of imidazole rings is 1. The van der Waals surface area contributed by atoms with E-state index < -0.39 is 175 Å². The van der Waals surface area contributed by atoms with Crippen molar-refractivity contribution in [2.45, 2.75) is 199 Å². The van der Waals surface area contributed by atoms with E-state index in [2.05, 4.69) is 73.1 Å². The number of guanidine groups is 1. The number of aliphatic carboxylic acids is 1. The van der Waals surface area contributed by atoms with Crippen molar-refractivity contribution in [1.82, 2.24) is 82.8 Å². The van der Waals surface area contributed by atoms with Crippen LogP contribution in [0.4, 0.5) is 0 Å². The smallest absolute Gasteiger partial charge is 0.326 e. The Bertz CT molecular complexity index is 3540. The predicted molar refractivity (Wildman–Crippen MR) is 376 cm³/mol. The lowest BCUT2D eigenvalue weighted by Crippen LogP contribution is -2.59. The number of aromatic amines is 2. The van der Waals surface area contributed by atoms with Gasteiger partial charge in [-0.25, -0.2) is 9.78 Å². The summed E-state index contributed by atoms with van der Waals surface area (Å²) in [4.78, 5) is 209. The van der Waals surface area contributed by atoms with Crippen molar-refractivity contribution in [3.8, 4) is 0 Å². The number of carbonyl (C=O) groups is 14. The first-order chi connectivity index (χ1) is 48.8. The van der Waals surface area contributed by atoms with Gasteiger partial charge in [0.25, 0.3) is 0 Å². The Labute approximate surface area is 597 Å². The molecule has 3 aliphatic rings. The Morgan fingerprint density at radius 1 is 0.563 bits per heavy atom. The largest absolute Gasteiger partial charge is 0.480 e. The van der Waals surface area contributed by atoms with Crippen molar-refractivity contribution in [3.63, 3.8) is 0 Å². The Morgan fingerprint density at radius 2 is 1.10 bits per heavy atom. The summed E-state index contributed by atoms with van der Waals surface area (Å²) in [5, 5.41) is 36.8. The minimum Gasteiger partial charge on any atom is -0.480 e. The van der Waals surface area contributed by atoms with Crippen molar-refractivity contribution in [3.05, 3.63) is 54.2 Å². The summed E-state index contributed by atoms with van der Waals surface area (Å²) in [6.07, 6.45) is 6.59. The van der Waals surface area contributed by atoms with Gasteiger partial charge in [-0.05, 0) is 100 Å². The molecule has 5 heterocycles. The van der Waals surface area contributed by atoms with E-state index in [0.29, 0.717) is 36.9 Å². The summed E-state index contributed by atoms with van der Waals surface area (Å²) in [7, 11) is 0. The van der Waals surface area contributed by atoms with Gasteiger partial charge >= 0.3 is 5.97 Å². The number of aliphatic imine (C=N–C) groups is 1. The molecule has 0 unspecified atom stereocenters. The number of benzene rings is 1. The van der Waals surface area contributed by atoms with Gasteiger partial charge in [0.1, 0.15) is 60.4 Å². The summed E-state index contributed by atoms with van der Waals surface area (Å²) in [6, 6.07) is -5.17. The number of nitrogens with two attached hydrogens (primary N) is 3. The lowest BCUT2D eigenvalue weighted by atomic mass is 9.99. The van der Waals surface area contributed by atoms with Crippen LogP contribution in [0.3, 0.4) is 0 Å². The number of carbonyl (C=O) groups excluding carboxylic acids is 13. The summed E-state index contributed by atoms with van der Waals surface area (Å²) in [6.45, 7) is 13.9. The first-order valence-corrected chi connectivity index (χ1v) is 35.2. The van der Waals surface area contributed by atoms with Gasteiger partial charge in [-0.3, -0.25) is 67.3 Å². The molecule has 103 heavy (non-hydrogen) atoms. The van der Waals surface area contributed by atoms with E-state index in [4.69, 9.17) is 17.2 Å². The highest BCUT2D eigenvalue weighted by Gasteiger charge is 2.44. The molecule has 0 aliphatic carbocycles. The minimum atomic E-state index is -1.38. The number of hydrogen-bond donors (Lipinski definition) is 16. The zero-order valence-corrected chi connectivity index (χ0v) is 60.1. The highest BCUT2D eigenvalue weighted by Crippen LogP contribution is 2.26. The average Bonchev–Trinajstić information content (AvgIpc) is 1.71. The first kappa shape index (κ1) is 81.7. The van der Waals surface area contributed by atoms with Gasteiger partial charge < -0.3 is 100 Å². The molecule has 0 saturated carbocycles. The van der Waals surface area contributed by atoms with Crippen LogP contribution in [0.15, 0.2) is 48.0 Å². The highest BCUT2D eigenvalue weighted by atomic mass is 16.4. The third kappa shape index (κ3) is 23.7. The molecule has 566 valence electrons. The molecule has 3 aromatic rings. The molecule has 19 N–H and O–H groups in total. The van der Waals surface area contributed by atoms with E-state index in [1.807, 2.05) is 24.3 Å². The highest BCUT2D eigenvalue weighted by molar-refractivity contribution is 6.00. The van der Waals surface area contributed by atoms with Crippen LogP contribution in [0.5, 0.6) is 0 Å². The number of aromatic nitrogens is 3. The molecule has 3 fully saturated rings. The molecule has 11 atom stereocenters. The molecule has 0 spiro atoms. The quantitative estimate of drug-likeness (QED) is 0.0154. The number of amides is 13. The van der Waals surface area contributed by atoms with Crippen molar-refractivity contribution in [2.24, 2.45) is 45.9 Å². The number of para-hydroxylation sites is 1. The number of nitrogens with one attached hydrogen (secondary N) is 12. The number of rotatable bonds is 37. The molecule has 1 aromatic carbocycles. The van der Waals surface area contributed by atoms with E-state index in [-0.39, 0.29) is 94.8 Å². The summed E-state index contributed by atoms with van der Waals surface area (Å²) in [5.41, 5.74) is 19.0. The average molecular weight is 1440 g/mol.